The van der Waals surface area contributed by atoms with Crippen LogP contribution in [-0.4, -0.2) is 45.7 Å². The molecule has 3 heterocycles. The normalized spacial score (nSPS) is 17.8. The Labute approximate surface area is 152 Å². The Balaban J connectivity index is 1.54. The summed E-state index contributed by atoms with van der Waals surface area (Å²) in [5.41, 5.74) is 1.56. The molecule has 0 unspecified atom stereocenters. The highest BCUT2D eigenvalue weighted by molar-refractivity contribution is 6.08. The lowest BCUT2D eigenvalue weighted by Gasteiger charge is -2.24. The maximum atomic E-state index is 12.3. The van der Waals surface area contributed by atoms with Crippen LogP contribution in [0.25, 0.3) is 21.8 Å². The molecular weight excluding hydrogens is 328 g/mol. The number of nitrogens with one attached hydrogen (secondary N) is 2. The van der Waals surface area contributed by atoms with Gasteiger partial charge in [0.1, 0.15) is 11.4 Å². The molecular formula is C20H24N4O2. The number of benzene rings is 1. The van der Waals surface area contributed by atoms with Crippen molar-refractivity contribution in [3.8, 4) is 0 Å². The van der Waals surface area contributed by atoms with Crippen LogP contribution in [0.2, 0.25) is 0 Å². The standard InChI is InChI=1S/C20H24N4O2/c1-20(2,3)26-19(25)24-11-9-13(12-24)22-18-15-8-10-21-17(15)14-6-4-5-7-16(14)23-18/h4-8,10,13,21H,9,11-12H2,1-3H3,(H,22,23)/t13-/m1/s1. The molecule has 0 spiro atoms. The third-order valence-corrected chi connectivity index (χ3v) is 4.59. The summed E-state index contributed by atoms with van der Waals surface area (Å²) in [7, 11) is 0. The Morgan fingerprint density at radius 3 is 2.88 bits per heavy atom. The van der Waals surface area contributed by atoms with E-state index in [2.05, 4.69) is 16.4 Å². The van der Waals surface area contributed by atoms with E-state index in [0.29, 0.717) is 13.1 Å². The van der Waals surface area contributed by atoms with Crippen LogP contribution in [-0.2, 0) is 4.74 Å². The lowest BCUT2D eigenvalue weighted by atomic mass is 10.1. The molecule has 136 valence electrons. The fraction of sp³-hybridized carbons (Fsp3) is 0.400. The number of rotatable bonds is 2. The number of para-hydroxylation sites is 1. The van der Waals surface area contributed by atoms with Gasteiger partial charge in [0.2, 0.25) is 0 Å². The number of likely N-dealkylation sites (tertiary alicyclic amines) is 1. The third kappa shape index (κ3) is 3.19. The Bertz CT molecular complexity index is 957. The number of hydrogen-bond donors (Lipinski definition) is 2. The molecule has 0 bridgehead atoms. The van der Waals surface area contributed by atoms with Crippen molar-refractivity contribution in [1.29, 1.82) is 0 Å². The molecule has 2 aromatic heterocycles. The van der Waals surface area contributed by atoms with Gasteiger partial charge in [-0.3, -0.25) is 0 Å². The monoisotopic (exact) mass is 352 g/mol. The lowest BCUT2D eigenvalue weighted by Crippen LogP contribution is -2.36. The van der Waals surface area contributed by atoms with Gasteiger partial charge in [0.25, 0.3) is 0 Å². The molecule has 1 aliphatic heterocycles. The van der Waals surface area contributed by atoms with E-state index in [0.717, 1.165) is 34.0 Å². The number of carbonyl (C=O) groups excluding carboxylic acids is 1. The summed E-state index contributed by atoms with van der Waals surface area (Å²) in [6, 6.07) is 10.3. The van der Waals surface area contributed by atoms with E-state index in [1.165, 1.54) is 0 Å². The summed E-state index contributed by atoms with van der Waals surface area (Å²) in [5.74, 6) is 0.857. The Morgan fingerprint density at radius 1 is 1.27 bits per heavy atom. The van der Waals surface area contributed by atoms with Crippen LogP contribution in [0.5, 0.6) is 0 Å². The Hall–Kier alpha value is -2.76. The molecule has 1 aliphatic rings. The second kappa shape index (κ2) is 6.20. The smallest absolute Gasteiger partial charge is 0.410 e. The highest BCUT2D eigenvalue weighted by Crippen LogP contribution is 2.29. The molecule has 1 saturated heterocycles. The molecule has 0 radical (unpaired) electrons. The highest BCUT2D eigenvalue weighted by Gasteiger charge is 2.30. The van der Waals surface area contributed by atoms with E-state index in [9.17, 15) is 4.79 Å². The molecule has 1 fully saturated rings. The predicted octanol–water partition coefficient (Wildman–Crippen LogP) is 4.14. The fourth-order valence-electron chi connectivity index (χ4n) is 3.43. The average molecular weight is 352 g/mol. The lowest BCUT2D eigenvalue weighted by molar-refractivity contribution is 0.0293. The van der Waals surface area contributed by atoms with Crippen molar-refractivity contribution in [3.05, 3.63) is 36.5 Å². The van der Waals surface area contributed by atoms with Crippen LogP contribution in [0.15, 0.2) is 36.5 Å². The number of hydrogen-bond acceptors (Lipinski definition) is 4. The molecule has 0 aliphatic carbocycles. The van der Waals surface area contributed by atoms with Crippen LogP contribution in [0.1, 0.15) is 27.2 Å². The zero-order chi connectivity index (χ0) is 18.3. The van der Waals surface area contributed by atoms with E-state index in [1.807, 2.05) is 51.2 Å². The van der Waals surface area contributed by atoms with Crippen LogP contribution < -0.4 is 5.32 Å². The first kappa shape index (κ1) is 16.7. The van der Waals surface area contributed by atoms with Crippen LogP contribution in [0, 0.1) is 0 Å². The number of aromatic amines is 1. The summed E-state index contributed by atoms with van der Waals surface area (Å²) >= 11 is 0. The van der Waals surface area contributed by atoms with Crippen molar-refractivity contribution in [2.24, 2.45) is 0 Å². The molecule has 3 aromatic rings. The molecule has 4 rings (SSSR count). The minimum atomic E-state index is -0.472. The third-order valence-electron chi connectivity index (χ3n) is 4.59. The molecule has 1 atom stereocenters. The number of fused-ring (bicyclic) bond motifs is 3. The Morgan fingerprint density at radius 2 is 2.08 bits per heavy atom. The summed E-state index contributed by atoms with van der Waals surface area (Å²) in [4.78, 5) is 22.1. The minimum absolute atomic E-state index is 0.161. The van der Waals surface area contributed by atoms with Crippen molar-refractivity contribution >= 4 is 33.7 Å². The Kier molecular flexibility index (Phi) is 3.98. The quantitative estimate of drug-likeness (QED) is 0.727. The van der Waals surface area contributed by atoms with Gasteiger partial charge in [-0.1, -0.05) is 18.2 Å². The first-order chi connectivity index (χ1) is 12.4. The second-order valence-corrected chi connectivity index (χ2v) is 7.80. The summed E-state index contributed by atoms with van der Waals surface area (Å²) in [6.45, 7) is 6.97. The number of ether oxygens (including phenoxy) is 1. The van der Waals surface area contributed by atoms with Gasteiger partial charge in [-0.25, -0.2) is 9.78 Å². The molecule has 6 heteroatoms. The number of carbonyl (C=O) groups is 1. The van der Waals surface area contributed by atoms with Gasteiger partial charge in [0, 0.05) is 36.1 Å². The van der Waals surface area contributed by atoms with Gasteiger partial charge in [-0.2, -0.15) is 0 Å². The van der Waals surface area contributed by atoms with E-state index < -0.39 is 5.60 Å². The number of pyridine rings is 1. The molecule has 1 amide bonds. The van der Waals surface area contributed by atoms with Crippen molar-refractivity contribution < 1.29 is 9.53 Å². The number of aromatic nitrogens is 2. The van der Waals surface area contributed by atoms with Gasteiger partial charge in [0.15, 0.2) is 0 Å². The number of amides is 1. The summed E-state index contributed by atoms with van der Waals surface area (Å²) < 4.78 is 5.47. The van der Waals surface area contributed by atoms with E-state index in [4.69, 9.17) is 9.72 Å². The maximum absolute atomic E-state index is 12.3. The van der Waals surface area contributed by atoms with Gasteiger partial charge >= 0.3 is 6.09 Å². The first-order valence-electron chi connectivity index (χ1n) is 9.01. The second-order valence-electron chi connectivity index (χ2n) is 7.80. The predicted molar refractivity (Wildman–Crippen MR) is 103 cm³/mol. The van der Waals surface area contributed by atoms with Crippen molar-refractivity contribution in [1.82, 2.24) is 14.9 Å². The van der Waals surface area contributed by atoms with Gasteiger partial charge in [0.05, 0.1) is 11.0 Å². The van der Waals surface area contributed by atoms with Gasteiger partial charge in [-0.05, 0) is 39.3 Å². The molecule has 0 saturated carbocycles. The van der Waals surface area contributed by atoms with Gasteiger partial charge in [-0.15, -0.1) is 0 Å². The zero-order valence-corrected chi connectivity index (χ0v) is 15.4. The maximum Gasteiger partial charge on any atom is 0.410 e. The topological polar surface area (TPSA) is 70.2 Å². The van der Waals surface area contributed by atoms with E-state index in [1.54, 1.807) is 4.90 Å². The largest absolute Gasteiger partial charge is 0.444 e. The molecule has 26 heavy (non-hydrogen) atoms. The first-order valence-corrected chi connectivity index (χ1v) is 9.01. The zero-order valence-electron chi connectivity index (χ0n) is 15.4. The number of H-pyrrole nitrogens is 1. The summed E-state index contributed by atoms with van der Waals surface area (Å²) in [6.07, 6.45) is 2.56. The van der Waals surface area contributed by atoms with E-state index in [-0.39, 0.29) is 12.1 Å². The molecule has 2 N–H and O–H groups in total. The van der Waals surface area contributed by atoms with Crippen molar-refractivity contribution in [2.45, 2.75) is 38.8 Å². The van der Waals surface area contributed by atoms with Crippen LogP contribution in [0.4, 0.5) is 10.6 Å². The number of anilines is 1. The molecule has 6 nitrogen and oxygen atoms in total. The fourth-order valence-corrected chi connectivity index (χ4v) is 3.43. The van der Waals surface area contributed by atoms with Crippen LogP contribution >= 0.6 is 0 Å². The van der Waals surface area contributed by atoms with Crippen LogP contribution in [0.3, 0.4) is 0 Å². The number of nitrogens with zero attached hydrogens (tertiary/aromatic N) is 2. The average Bonchev–Trinajstić information content (AvgIpc) is 3.23. The van der Waals surface area contributed by atoms with Crippen molar-refractivity contribution in [2.75, 3.05) is 18.4 Å². The van der Waals surface area contributed by atoms with E-state index >= 15 is 0 Å². The van der Waals surface area contributed by atoms with Gasteiger partial charge < -0.3 is 19.9 Å². The van der Waals surface area contributed by atoms with Crippen molar-refractivity contribution in [3.63, 3.8) is 0 Å². The SMILES string of the molecule is CC(C)(C)OC(=O)N1CC[C@@H](Nc2nc3ccccc3c3[nH]ccc23)C1. The summed E-state index contributed by atoms with van der Waals surface area (Å²) in [5, 5.41) is 5.71. The minimum Gasteiger partial charge on any atom is -0.444 e. The molecule has 1 aromatic carbocycles. The highest BCUT2D eigenvalue weighted by atomic mass is 16.6.